The van der Waals surface area contributed by atoms with Crippen molar-refractivity contribution < 1.29 is 14.4 Å². The molecule has 0 aliphatic carbocycles. The molecule has 2 aromatic rings. The minimum Gasteiger partial charge on any atom is -0.319 e. The lowest BCUT2D eigenvalue weighted by Crippen LogP contribution is -2.43. The zero-order valence-corrected chi connectivity index (χ0v) is 16.2. The second-order valence-electron chi connectivity index (χ2n) is 6.36. The normalized spacial score (nSPS) is 19.2. The molecular weight excluding hydrogens is 389 g/mol. The average Bonchev–Trinajstić information content (AvgIpc) is 2.85. The number of urea groups is 1. The van der Waals surface area contributed by atoms with Crippen LogP contribution in [0, 0.1) is 0 Å². The van der Waals surface area contributed by atoms with Gasteiger partial charge in [0.1, 0.15) is 12.1 Å². The average molecular weight is 406 g/mol. The molecule has 8 heteroatoms. The van der Waals surface area contributed by atoms with Crippen molar-refractivity contribution in [1.29, 1.82) is 0 Å². The Morgan fingerprint density at radius 3 is 2.44 bits per heavy atom. The third-order valence-electron chi connectivity index (χ3n) is 4.56. The monoisotopic (exact) mass is 405 g/mol. The van der Waals surface area contributed by atoms with E-state index >= 15 is 0 Å². The van der Waals surface area contributed by atoms with E-state index in [1.54, 1.807) is 50.4 Å². The molecule has 0 bridgehead atoms. The summed E-state index contributed by atoms with van der Waals surface area (Å²) in [6.07, 6.45) is 0. The van der Waals surface area contributed by atoms with Crippen LogP contribution in [0.15, 0.2) is 48.5 Å². The van der Waals surface area contributed by atoms with Gasteiger partial charge < -0.3 is 10.2 Å². The Morgan fingerprint density at radius 1 is 1.15 bits per heavy atom. The first-order valence-electron chi connectivity index (χ1n) is 8.15. The Balaban J connectivity index is 1.83. The topological polar surface area (TPSA) is 69.7 Å². The number of benzene rings is 2. The first kappa shape index (κ1) is 19.2. The van der Waals surface area contributed by atoms with Crippen LogP contribution in [0.25, 0.3) is 0 Å². The number of imide groups is 1. The maximum atomic E-state index is 13.0. The van der Waals surface area contributed by atoms with E-state index in [0.29, 0.717) is 16.3 Å². The number of carbonyl (C=O) groups excluding carboxylic acids is 3. The highest BCUT2D eigenvalue weighted by atomic mass is 35.5. The summed E-state index contributed by atoms with van der Waals surface area (Å²) in [7, 11) is 1.59. The number of hydrogen-bond acceptors (Lipinski definition) is 3. The van der Waals surface area contributed by atoms with Crippen LogP contribution in [0.1, 0.15) is 12.5 Å². The molecule has 1 aliphatic heterocycles. The van der Waals surface area contributed by atoms with E-state index in [-0.39, 0.29) is 11.6 Å². The van der Waals surface area contributed by atoms with Crippen molar-refractivity contribution >= 4 is 46.7 Å². The summed E-state index contributed by atoms with van der Waals surface area (Å²) in [4.78, 5) is 40.2. The summed E-state index contributed by atoms with van der Waals surface area (Å²) >= 11 is 12.1. The molecular formula is C19H17Cl2N3O3. The second kappa shape index (κ2) is 7.21. The van der Waals surface area contributed by atoms with Gasteiger partial charge in [-0.05, 0) is 31.2 Å². The van der Waals surface area contributed by atoms with Crippen molar-refractivity contribution in [2.45, 2.75) is 12.5 Å². The summed E-state index contributed by atoms with van der Waals surface area (Å²) in [5.74, 6) is -0.942. The van der Waals surface area contributed by atoms with Gasteiger partial charge in [0, 0.05) is 28.3 Å². The van der Waals surface area contributed by atoms with Gasteiger partial charge in [0.05, 0.1) is 0 Å². The Hall–Kier alpha value is -2.57. The molecule has 0 spiro atoms. The van der Waals surface area contributed by atoms with Gasteiger partial charge in [-0.2, -0.15) is 0 Å². The number of rotatable bonds is 4. The Bertz CT molecular complexity index is 920. The molecule has 27 heavy (non-hydrogen) atoms. The van der Waals surface area contributed by atoms with E-state index in [2.05, 4.69) is 5.32 Å². The van der Waals surface area contributed by atoms with Crippen LogP contribution in [-0.4, -0.2) is 36.3 Å². The first-order chi connectivity index (χ1) is 12.7. The lowest BCUT2D eigenvalue weighted by molar-refractivity contribution is -0.134. The maximum Gasteiger partial charge on any atom is 0.325 e. The fourth-order valence-electron chi connectivity index (χ4n) is 2.95. The largest absolute Gasteiger partial charge is 0.325 e. The van der Waals surface area contributed by atoms with Crippen molar-refractivity contribution in [3.05, 3.63) is 64.1 Å². The van der Waals surface area contributed by atoms with E-state index < -0.39 is 23.4 Å². The summed E-state index contributed by atoms with van der Waals surface area (Å²) in [5, 5.41) is 3.30. The van der Waals surface area contributed by atoms with Crippen LogP contribution in [0.2, 0.25) is 10.0 Å². The third kappa shape index (κ3) is 3.50. The first-order valence-corrected chi connectivity index (χ1v) is 8.91. The minimum absolute atomic E-state index is 0.258. The van der Waals surface area contributed by atoms with Crippen molar-refractivity contribution in [3.63, 3.8) is 0 Å². The quantitative estimate of drug-likeness (QED) is 0.792. The molecule has 0 saturated carbocycles. The summed E-state index contributed by atoms with van der Waals surface area (Å²) < 4.78 is 0. The molecule has 4 amide bonds. The standard InChI is InChI=1S/C19H17Cl2N3O3/c1-19(14-9-8-12(20)10-15(14)21)17(26)24(18(27)22-19)11-16(25)23(2)13-6-4-3-5-7-13/h3-10H,11H2,1-2H3,(H,22,27)/t19-/m1/s1. The molecule has 1 heterocycles. The fourth-order valence-corrected chi connectivity index (χ4v) is 3.55. The summed E-state index contributed by atoms with van der Waals surface area (Å²) in [6.45, 7) is 1.17. The Labute approximate surface area is 166 Å². The van der Waals surface area contributed by atoms with Gasteiger partial charge in [-0.15, -0.1) is 0 Å². The number of para-hydroxylation sites is 1. The second-order valence-corrected chi connectivity index (χ2v) is 7.20. The van der Waals surface area contributed by atoms with Crippen LogP contribution >= 0.6 is 23.2 Å². The zero-order chi connectivity index (χ0) is 19.8. The van der Waals surface area contributed by atoms with Crippen molar-refractivity contribution in [2.75, 3.05) is 18.5 Å². The molecule has 1 saturated heterocycles. The Morgan fingerprint density at radius 2 is 1.81 bits per heavy atom. The van der Waals surface area contributed by atoms with Crippen LogP contribution in [0.5, 0.6) is 0 Å². The highest BCUT2D eigenvalue weighted by Gasteiger charge is 2.50. The molecule has 0 unspecified atom stereocenters. The molecule has 2 aromatic carbocycles. The van der Waals surface area contributed by atoms with Gasteiger partial charge in [-0.25, -0.2) is 4.79 Å². The number of nitrogens with zero attached hydrogens (tertiary/aromatic N) is 2. The number of amides is 4. The molecule has 1 atom stereocenters. The van der Waals surface area contributed by atoms with E-state index in [4.69, 9.17) is 23.2 Å². The summed E-state index contributed by atoms with van der Waals surface area (Å²) in [6, 6.07) is 13.0. The number of likely N-dealkylation sites (N-methyl/N-ethyl adjacent to an activating group) is 1. The smallest absolute Gasteiger partial charge is 0.319 e. The van der Waals surface area contributed by atoms with E-state index in [9.17, 15) is 14.4 Å². The number of carbonyl (C=O) groups is 3. The molecule has 0 radical (unpaired) electrons. The molecule has 6 nitrogen and oxygen atoms in total. The predicted octanol–water partition coefficient (Wildman–Crippen LogP) is 3.42. The highest BCUT2D eigenvalue weighted by Crippen LogP contribution is 2.35. The maximum absolute atomic E-state index is 13.0. The number of halogens is 2. The predicted molar refractivity (Wildman–Crippen MR) is 104 cm³/mol. The Kier molecular flexibility index (Phi) is 5.13. The van der Waals surface area contributed by atoms with Crippen molar-refractivity contribution in [2.24, 2.45) is 0 Å². The summed E-state index contributed by atoms with van der Waals surface area (Å²) in [5.41, 5.74) is -0.291. The molecule has 1 aliphatic rings. The molecule has 1 fully saturated rings. The van der Waals surface area contributed by atoms with Crippen LogP contribution < -0.4 is 10.2 Å². The van der Waals surface area contributed by atoms with Gasteiger partial charge >= 0.3 is 6.03 Å². The van der Waals surface area contributed by atoms with Crippen molar-refractivity contribution in [1.82, 2.24) is 10.2 Å². The zero-order valence-electron chi connectivity index (χ0n) is 14.7. The number of anilines is 1. The van der Waals surface area contributed by atoms with Crippen LogP contribution in [0.3, 0.4) is 0 Å². The lowest BCUT2D eigenvalue weighted by atomic mass is 9.92. The molecule has 3 rings (SSSR count). The van der Waals surface area contributed by atoms with E-state index in [1.807, 2.05) is 6.07 Å². The van der Waals surface area contributed by atoms with Gasteiger partial charge in [-0.3, -0.25) is 14.5 Å². The van der Waals surface area contributed by atoms with Gasteiger partial charge in [-0.1, -0.05) is 47.5 Å². The minimum atomic E-state index is -1.37. The van der Waals surface area contributed by atoms with Gasteiger partial charge in [0.2, 0.25) is 5.91 Å². The van der Waals surface area contributed by atoms with E-state index in [1.165, 1.54) is 11.0 Å². The lowest BCUT2D eigenvalue weighted by Gasteiger charge is -2.24. The highest BCUT2D eigenvalue weighted by molar-refractivity contribution is 6.35. The van der Waals surface area contributed by atoms with Crippen LogP contribution in [-0.2, 0) is 15.1 Å². The number of nitrogens with one attached hydrogen (secondary N) is 1. The fraction of sp³-hybridized carbons (Fsp3) is 0.211. The molecule has 1 N–H and O–H groups in total. The molecule has 0 aromatic heterocycles. The number of hydrogen-bond donors (Lipinski definition) is 1. The van der Waals surface area contributed by atoms with Crippen molar-refractivity contribution in [3.8, 4) is 0 Å². The SMILES string of the molecule is CN(C(=O)CN1C(=O)N[C@](C)(c2ccc(Cl)cc2Cl)C1=O)c1ccccc1. The van der Waals surface area contributed by atoms with Gasteiger partial charge in [0.25, 0.3) is 5.91 Å². The van der Waals surface area contributed by atoms with Crippen LogP contribution in [0.4, 0.5) is 10.5 Å². The van der Waals surface area contributed by atoms with E-state index in [0.717, 1.165) is 4.90 Å². The van der Waals surface area contributed by atoms with Gasteiger partial charge in [0.15, 0.2) is 0 Å². The third-order valence-corrected chi connectivity index (χ3v) is 5.10. The molecule has 140 valence electrons.